The van der Waals surface area contributed by atoms with Gasteiger partial charge >= 0.3 is 0 Å². The van der Waals surface area contributed by atoms with Gasteiger partial charge in [-0.15, -0.1) is 0 Å². The van der Waals surface area contributed by atoms with Gasteiger partial charge in [0, 0.05) is 5.69 Å². The summed E-state index contributed by atoms with van der Waals surface area (Å²) in [7, 11) is 0. The van der Waals surface area contributed by atoms with Gasteiger partial charge < -0.3 is 10.6 Å². The maximum Gasteiger partial charge on any atom is 0.243 e. The molecule has 4 heteroatoms. The Labute approximate surface area is 149 Å². The third kappa shape index (κ3) is 4.60. The fourth-order valence-electron chi connectivity index (χ4n) is 2.37. The van der Waals surface area contributed by atoms with Crippen molar-refractivity contribution in [3.8, 4) is 17.2 Å². The van der Waals surface area contributed by atoms with Crippen LogP contribution in [0.2, 0.25) is 0 Å². The van der Waals surface area contributed by atoms with E-state index in [9.17, 15) is 10.1 Å². The number of hydrogen-bond acceptors (Lipinski definition) is 3. The van der Waals surface area contributed by atoms with Gasteiger partial charge in [0.05, 0.1) is 6.07 Å². The van der Waals surface area contributed by atoms with Crippen molar-refractivity contribution in [2.75, 3.05) is 5.32 Å². The first kappa shape index (κ1) is 18.5. The van der Waals surface area contributed by atoms with E-state index >= 15 is 0 Å². The Kier molecular flexibility index (Phi) is 5.82. The standard InChI is InChI=1S/C21H25N3O/c1-15(2)21(4,14-22)24-20(25)16(3)23-19-12-10-18(11-13-19)17-8-6-5-7-9-17/h5-13,15-16,23H,1-4H3,(H,24,25)/t16-,21+/m1/s1. The van der Waals surface area contributed by atoms with Crippen LogP contribution in [0.15, 0.2) is 54.6 Å². The van der Waals surface area contributed by atoms with Crippen LogP contribution < -0.4 is 10.6 Å². The Bertz CT molecular complexity index is 747. The Morgan fingerprint density at radius 3 is 2.08 bits per heavy atom. The number of rotatable bonds is 6. The summed E-state index contributed by atoms with van der Waals surface area (Å²) in [6.45, 7) is 7.38. The summed E-state index contributed by atoms with van der Waals surface area (Å²) >= 11 is 0. The van der Waals surface area contributed by atoms with E-state index in [2.05, 4.69) is 28.8 Å². The van der Waals surface area contributed by atoms with Gasteiger partial charge in [0.1, 0.15) is 11.6 Å². The van der Waals surface area contributed by atoms with Gasteiger partial charge in [0.25, 0.3) is 0 Å². The van der Waals surface area contributed by atoms with E-state index in [-0.39, 0.29) is 11.8 Å². The fourth-order valence-corrected chi connectivity index (χ4v) is 2.37. The van der Waals surface area contributed by atoms with Crippen molar-refractivity contribution in [2.24, 2.45) is 5.92 Å². The normalized spacial score (nSPS) is 14.2. The van der Waals surface area contributed by atoms with Crippen molar-refractivity contribution in [2.45, 2.75) is 39.3 Å². The Morgan fingerprint density at radius 1 is 1.00 bits per heavy atom. The number of hydrogen-bond donors (Lipinski definition) is 2. The second-order valence-electron chi connectivity index (χ2n) is 6.77. The van der Waals surface area contributed by atoms with Gasteiger partial charge in [-0.3, -0.25) is 4.79 Å². The van der Waals surface area contributed by atoms with Crippen LogP contribution in [0.25, 0.3) is 11.1 Å². The molecule has 2 aromatic rings. The lowest BCUT2D eigenvalue weighted by Crippen LogP contribution is -2.52. The van der Waals surface area contributed by atoms with Crippen LogP contribution >= 0.6 is 0 Å². The quantitative estimate of drug-likeness (QED) is 0.831. The third-order valence-corrected chi connectivity index (χ3v) is 4.54. The van der Waals surface area contributed by atoms with Crippen molar-refractivity contribution < 1.29 is 4.79 Å². The number of carbonyl (C=O) groups is 1. The number of amides is 1. The summed E-state index contributed by atoms with van der Waals surface area (Å²) in [5.74, 6) is -0.163. The zero-order valence-corrected chi connectivity index (χ0v) is 15.2. The van der Waals surface area contributed by atoms with Crippen molar-refractivity contribution in [1.29, 1.82) is 5.26 Å². The highest BCUT2D eigenvalue weighted by atomic mass is 16.2. The van der Waals surface area contributed by atoms with E-state index in [0.29, 0.717) is 0 Å². The molecule has 2 atom stereocenters. The summed E-state index contributed by atoms with van der Waals surface area (Å²) in [5.41, 5.74) is 2.27. The molecule has 0 spiro atoms. The van der Waals surface area contributed by atoms with Crippen LogP contribution in [0.4, 0.5) is 5.69 Å². The molecule has 0 unspecified atom stereocenters. The molecule has 0 radical (unpaired) electrons. The van der Waals surface area contributed by atoms with E-state index in [1.165, 1.54) is 0 Å². The van der Waals surface area contributed by atoms with E-state index in [1.54, 1.807) is 13.8 Å². The maximum absolute atomic E-state index is 12.4. The minimum absolute atomic E-state index is 0.0267. The number of carbonyl (C=O) groups excluding carboxylic acids is 1. The van der Waals surface area contributed by atoms with E-state index in [0.717, 1.165) is 16.8 Å². The first-order chi connectivity index (χ1) is 11.9. The molecule has 0 aromatic heterocycles. The Hall–Kier alpha value is -2.80. The molecule has 0 heterocycles. The van der Waals surface area contributed by atoms with Crippen molar-refractivity contribution >= 4 is 11.6 Å². The molecule has 0 saturated heterocycles. The average molecular weight is 335 g/mol. The lowest BCUT2D eigenvalue weighted by atomic mass is 9.90. The van der Waals surface area contributed by atoms with E-state index in [4.69, 9.17) is 0 Å². The molecule has 2 N–H and O–H groups in total. The molecule has 0 aliphatic rings. The zero-order chi connectivity index (χ0) is 18.4. The minimum atomic E-state index is -0.871. The van der Waals surface area contributed by atoms with Crippen LogP contribution in [0.5, 0.6) is 0 Å². The molecule has 0 aliphatic carbocycles. The largest absolute Gasteiger partial charge is 0.374 e. The van der Waals surface area contributed by atoms with Crippen LogP contribution in [0.1, 0.15) is 27.7 Å². The molecule has 0 aliphatic heterocycles. The van der Waals surface area contributed by atoms with Crippen molar-refractivity contribution in [3.63, 3.8) is 0 Å². The van der Waals surface area contributed by atoms with Gasteiger partial charge in [-0.05, 0) is 43.0 Å². The predicted octanol–water partition coefficient (Wildman–Crippen LogP) is 4.21. The Balaban J connectivity index is 2.02. The first-order valence-electron chi connectivity index (χ1n) is 8.51. The summed E-state index contributed by atoms with van der Waals surface area (Å²) in [6.07, 6.45) is 0. The first-order valence-corrected chi connectivity index (χ1v) is 8.51. The van der Waals surface area contributed by atoms with Gasteiger partial charge in [-0.1, -0.05) is 56.3 Å². The average Bonchev–Trinajstić information content (AvgIpc) is 2.62. The maximum atomic E-state index is 12.4. The number of nitriles is 1. The minimum Gasteiger partial charge on any atom is -0.374 e. The topological polar surface area (TPSA) is 64.9 Å². The molecule has 2 aromatic carbocycles. The molecule has 0 saturated carbocycles. The fraction of sp³-hybridized carbons (Fsp3) is 0.333. The van der Waals surface area contributed by atoms with Gasteiger partial charge in [0.2, 0.25) is 5.91 Å². The summed E-state index contributed by atoms with van der Waals surface area (Å²) in [4.78, 5) is 12.4. The Morgan fingerprint density at radius 2 is 1.56 bits per heavy atom. The molecule has 130 valence electrons. The van der Waals surface area contributed by atoms with Gasteiger partial charge in [-0.25, -0.2) is 0 Å². The molecule has 1 amide bonds. The van der Waals surface area contributed by atoms with Gasteiger partial charge in [-0.2, -0.15) is 5.26 Å². The number of nitrogens with zero attached hydrogens (tertiary/aromatic N) is 1. The summed E-state index contributed by atoms with van der Waals surface area (Å²) in [5, 5.41) is 15.4. The number of benzene rings is 2. The zero-order valence-electron chi connectivity index (χ0n) is 15.2. The van der Waals surface area contributed by atoms with Crippen molar-refractivity contribution in [1.82, 2.24) is 5.32 Å². The van der Waals surface area contributed by atoms with E-state index in [1.807, 2.05) is 56.3 Å². The molecule has 25 heavy (non-hydrogen) atoms. The predicted molar refractivity (Wildman–Crippen MR) is 102 cm³/mol. The summed E-state index contributed by atoms with van der Waals surface area (Å²) < 4.78 is 0. The van der Waals surface area contributed by atoms with Crippen LogP contribution in [0.3, 0.4) is 0 Å². The highest BCUT2D eigenvalue weighted by molar-refractivity contribution is 5.85. The molecular formula is C21H25N3O. The molecule has 2 rings (SSSR count). The number of anilines is 1. The molecule has 4 nitrogen and oxygen atoms in total. The number of nitrogens with one attached hydrogen (secondary N) is 2. The lowest BCUT2D eigenvalue weighted by Gasteiger charge is -2.29. The monoisotopic (exact) mass is 335 g/mol. The molecule has 0 fully saturated rings. The SMILES string of the molecule is CC(C)[C@](C)(C#N)NC(=O)[C@@H](C)Nc1ccc(-c2ccccc2)cc1. The van der Waals surface area contributed by atoms with Crippen LogP contribution in [-0.4, -0.2) is 17.5 Å². The molecule has 0 bridgehead atoms. The highest BCUT2D eigenvalue weighted by Gasteiger charge is 2.31. The highest BCUT2D eigenvalue weighted by Crippen LogP contribution is 2.21. The molecular weight excluding hydrogens is 310 g/mol. The third-order valence-electron chi connectivity index (χ3n) is 4.54. The van der Waals surface area contributed by atoms with Crippen molar-refractivity contribution in [3.05, 3.63) is 54.6 Å². The van der Waals surface area contributed by atoms with Gasteiger partial charge in [0.15, 0.2) is 0 Å². The van der Waals surface area contributed by atoms with Crippen LogP contribution in [-0.2, 0) is 4.79 Å². The second-order valence-corrected chi connectivity index (χ2v) is 6.77. The summed E-state index contributed by atoms with van der Waals surface area (Å²) in [6, 6.07) is 19.9. The van der Waals surface area contributed by atoms with Crippen LogP contribution in [0, 0.1) is 17.2 Å². The van der Waals surface area contributed by atoms with E-state index < -0.39 is 11.6 Å². The lowest BCUT2D eigenvalue weighted by molar-refractivity contribution is -0.123. The second kappa shape index (κ2) is 7.85. The smallest absolute Gasteiger partial charge is 0.243 e.